The van der Waals surface area contributed by atoms with Crippen LogP contribution in [0.25, 0.3) is 44.1 Å². The third-order valence-electron chi connectivity index (χ3n) is 29.5. The minimum atomic E-state index is -0.854. The van der Waals surface area contributed by atoms with Gasteiger partial charge in [-0.25, -0.2) is 18.7 Å². The smallest absolute Gasteiger partial charge is 0.306 e. The van der Waals surface area contributed by atoms with Crippen molar-refractivity contribution in [3.63, 3.8) is 0 Å². The van der Waals surface area contributed by atoms with Gasteiger partial charge in [0.05, 0.1) is 54.9 Å². The molecule has 4 aliphatic rings. The molecular weight excluding hydrogens is 1880 g/mol. The molecule has 28 nitrogen and oxygen atoms in total. The van der Waals surface area contributed by atoms with Crippen LogP contribution < -0.4 is 0 Å². The van der Waals surface area contributed by atoms with Crippen molar-refractivity contribution in [3.05, 3.63) is 374 Å². The van der Waals surface area contributed by atoms with Crippen LogP contribution in [0.15, 0.2) is 218 Å². The van der Waals surface area contributed by atoms with Crippen LogP contribution in [0.2, 0.25) is 0 Å². The van der Waals surface area contributed by atoms with Gasteiger partial charge in [-0.1, -0.05) is 166 Å². The first-order valence-electron chi connectivity index (χ1n) is 50.5. The number of halogens is 1. The summed E-state index contributed by atoms with van der Waals surface area (Å²) in [5.41, 5.74) is 35.5. The topological polar surface area (TPSA) is 342 Å². The first kappa shape index (κ1) is 105. The summed E-state index contributed by atoms with van der Waals surface area (Å²) in [6, 6.07) is 70.6. The maximum Gasteiger partial charge on any atom is 0.306 e. The number of rotatable bonds is 24. The predicted molar refractivity (Wildman–Crippen MR) is 571 cm³/mol. The summed E-state index contributed by atoms with van der Waals surface area (Å²) in [6.07, 6.45) is 4.68. The molecule has 0 spiro atoms. The molecule has 3 N–H and O–H groups in total. The number of nitrogens with zero attached hydrogens (tertiary/aromatic N) is 16. The van der Waals surface area contributed by atoms with Gasteiger partial charge in [-0.15, -0.1) is 20.4 Å². The molecule has 4 atom stereocenters. The number of hydrogen-bond acceptors (Lipinski definition) is 18. The summed E-state index contributed by atoms with van der Waals surface area (Å²) in [4.78, 5) is 109. The zero-order chi connectivity index (χ0) is 105. The number of aliphatic carboxylic acids is 3. The van der Waals surface area contributed by atoms with Gasteiger partial charge in [0, 0.05) is 143 Å². The van der Waals surface area contributed by atoms with E-state index < -0.39 is 17.9 Å². The van der Waals surface area contributed by atoms with Gasteiger partial charge in [0.1, 0.15) is 22.1 Å². The lowest BCUT2D eigenvalue weighted by Crippen LogP contribution is -2.36. The average Bonchev–Trinajstić information content (AvgIpc) is 1.37. The van der Waals surface area contributed by atoms with E-state index in [9.17, 15) is 57.6 Å². The molecule has 148 heavy (non-hydrogen) atoms. The highest BCUT2D eigenvalue weighted by atomic mass is 32.2. The van der Waals surface area contributed by atoms with E-state index in [4.69, 9.17) is 4.74 Å². The van der Waals surface area contributed by atoms with E-state index in [0.717, 1.165) is 202 Å². The van der Waals surface area contributed by atoms with Crippen molar-refractivity contribution in [1.29, 1.82) is 0 Å². The zero-order valence-electron chi connectivity index (χ0n) is 86.2. The van der Waals surface area contributed by atoms with Crippen molar-refractivity contribution >= 4 is 104 Å². The molecule has 4 aromatic heterocycles. The summed E-state index contributed by atoms with van der Waals surface area (Å²) in [6.45, 7) is 32.2. The Morgan fingerprint density at radius 3 is 0.730 bits per heavy atom. The Labute approximate surface area is 864 Å². The third-order valence-corrected chi connectivity index (χ3v) is 29.5. The summed E-state index contributed by atoms with van der Waals surface area (Å²) < 4.78 is 22.7. The number of fused-ring (bicyclic) bond motifs is 8. The van der Waals surface area contributed by atoms with Crippen molar-refractivity contribution < 1.29 is 62.3 Å². The molecular formula is C118H125FN16O12S. The van der Waals surface area contributed by atoms with Crippen LogP contribution in [0.1, 0.15) is 252 Å². The quantitative estimate of drug-likeness (QED) is 0.0473. The number of benzene rings is 12. The Hall–Kier alpha value is -15.7. The Balaban J connectivity index is 0.000000139. The molecule has 0 bridgehead atoms. The Morgan fingerprint density at radius 2 is 0.534 bits per heavy atom. The van der Waals surface area contributed by atoms with Gasteiger partial charge < -0.3 is 39.7 Å². The number of esters is 1. The maximum atomic E-state index is 13.2. The summed E-state index contributed by atoms with van der Waals surface area (Å²) in [5.74, 6) is -3.92. The molecule has 30 heteroatoms. The second kappa shape index (κ2) is 46.8. The number of methoxy groups -OCH3 is 1. The highest BCUT2D eigenvalue weighted by molar-refractivity contribution is 7.93. The molecule has 762 valence electrons. The molecule has 4 amide bonds. The Kier molecular flexibility index (Phi) is 33.2. The van der Waals surface area contributed by atoms with E-state index in [1.165, 1.54) is 41.2 Å². The van der Waals surface area contributed by atoms with Crippen LogP contribution in [0, 0.1) is 55.4 Å². The van der Waals surface area contributed by atoms with Crippen molar-refractivity contribution in [3.8, 4) is 0 Å². The van der Waals surface area contributed by atoms with Crippen LogP contribution in [0.3, 0.4) is 0 Å². The van der Waals surface area contributed by atoms with Gasteiger partial charge in [-0.05, 0) is 315 Å². The largest absolute Gasteiger partial charge is 0.481 e. The van der Waals surface area contributed by atoms with E-state index in [1.54, 1.807) is 0 Å². The number of ether oxygens (including phenoxy) is 1. The van der Waals surface area contributed by atoms with Gasteiger partial charge in [-0.3, -0.25) is 38.4 Å². The molecule has 4 unspecified atom stereocenters. The maximum absolute atomic E-state index is 13.2. The fraction of sp³-hybridized carbons (Fsp3) is 0.322. The van der Waals surface area contributed by atoms with Gasteiger partial charge in [0.15, 0.2) is 0 Å². The van der Waals surface area contributed by atoms with E-state index >= 15 is 0 Å². The SMILES string of the molecule is CCn1nnc2c(C)c(C(CC(=O)O)c3cc(C)c4c(c3)CN(C(=O)c3ccccc3)CC4)ccc21.CCn1nnc2c(C)c(C(CC(=O)O)c3cc(C)c4c(c3)CN(C(=O)c3ccccc3)CC4)ccc21.CCn1nnc2c(C)c(C(CC(=O)O)c3cc(C)c4c(c3)CN(C(=O)c3ccccc3)CC4)ccc21.CCn1nnc2c(C)c(C(CC(=O)OC)c3cc(C)c4c(c3)CN(C(=O)c3ccccc3)CC4)ccc21.CSF. The number of carbonyl (C=O) groups excluding carboxylic acids is 5. The van der Waals surface area contributed by atoms with Crippen LogP contribution in [0.4, 0.5) is 3.89 Å². The lowest BCUT2D eigenvalue weighted by Gasteiger charge is -2.31. The van der Waals surface area contributed by atoms with Crippen molar-refractivity contribution in [1.82, 2.24) is 79.6 Å². The number of carbonyl (C=O) groups is 8. The molecule has 0 aliphatic carbocycles. The van der Waals surface area contributed by atoms with Crippen molar-refractivity contribution in [2.24, 2.45) is 0 Å². The Bertz CT molecular complexity index is 7150. The highest BCUT2D eigenvalue weighted by Gasteiger charge is 2.35. The number of carboxylic acid groups (broad SMARTS) is 3. The first-order valence-corrected chi connectivity index (χ1v) is 51.6. The zero-order valence-corrected chi connectivity index (χ0v) is 87.0. The highest BCUT2D eigenvalue weighted by Crippen LogP contribution is 2.44. The summed E-state index contributed by atoms with van der Waals surface area (Å²) >= 11 is 0.250. The normalized spacial score (nSPS) is 13.8. The molecule has 0 saturated heterocycles. The van der Waals surface area contributed by atoms with E-state index in [2.05, 4.69) is 124 Å². The molecule has 20 rings (SSSR count). The lowest BCUT2D eigenvalue weighted by molar-refractivity contribution is -0.141. The van der Waals surface area contributed by atoms with E-state index in [-0.39, 0.29) is 91.1 Å². The van der Waals surface area contributed by atoms with E-state index in [1.807, 2.05) is 258 Å². The van der Waals surface area contributed by atoms with Gasteiger partial charge >= 0.3 is 23.9 Å². The second-order valence-electron chi connectivity index (χ2n) is 38.4. The fourth-order valence-electron chi connectivity index (χ4n) is 21.9. The van der Waals surface area contributed by atoms with Crippen LogP contribution >= 0.6 is 12.1 Å². The average molecular weight is 2010 g/mol. The number of amides is 4. The molecule has 8 heterocycles. The van der Waals surface area contributed by atoms with Gasteiger partial charge in [-0.2, -0.15) is 3.89 Å². The van der Waals surface area contributed by atoms with Crippen LogP contribution in [0.5, 0.6) is 0 Å². The number of aromatic nitrogens is 12. The van der Waals surface area contributed by atoms with Crippen molar-refractivity contribution in [2.45, 2.75) is 210 Å². The minimum Gasteiger partial charge on any atom is -0.481 e. The lowest BCUT2D eigenvalue weighted by atomic mass is 9.82. The van der Waals surface area contributed by atoms with Crippen LogP contribution in [-0.2, 0) is 102 Å². The molecule has 0 saturated carbocycles. The van der Waals surface area contributed by atoms with Crippen LogP contribution in [-0.4, -0.2) is 182 Å². The number of carboxylic acids is 3. The number of hydrogen-bond donors (Lipinski definition) is 3. The second-order valence-corrected chi connectivity index (χ2v) is 38.7. The Morgan fingerprint density at radius 1 is 0.324 bits per heavy atom. The molecule has 12 aromatic carbocycles. The third kappa shape index (κ3) is 22.6. The van der Waals surface area contributed by atoms with Gasteiger partial charge in [0.25, 0.3) is 23.6 Å². The minimum absolute atomic E-state index is 0.0201. The first-order chi connectivity index (χ1) is 71.4. The molecule has 0 radical (unpaired) electrons. The fourth-order valence-corrected chi connectivity index (χ4v) is 21.9. The molecule has 16 aromatic rings. The van der Waals surface area contributed by atoms with E-state index in [0.29, 0.717) is 74.6 Å². The summed E-state index contributed by atoms with van der Waals surface area (Å²) in [5, 5.41) is 64.0. The monoisotopic (exact) mass is 2010 g/mol. The van der Waals surface area contributed by atoms with Gasteiger partial charge in [0.2, 0.25) is 0 Å². The predicted octanol–water partition coefficient (Wildman–Crippen LogP) is 20.8. The standard InChI is InChI=1S/C30H32N4O3.3C29H30N4O3.CH3FS/c1-5-34-27-12-11-25(20(3)29(27)31-32-34)26(17-28(35)37-4)22-15-19(2)24-13-14-33(18-23(24)16-22)30(36)21-9-7-6-8-10-21;3*1-4-33-26-11-10-24(19(3)28(26)30-31-33)25(16-27(34)35)21-14-18(2)23-12-13-32(17-22(23)15-21)29(36)20-8-6-5-7-9-20;1-3-2/h6-12,15-16,26H,5,13-14,17-18H2,1-4H3;3*5-11,14-15,25H,4,12-13,16-17H2,1-3H3,(H,34,35);1H3. The van der Waals surface area contributed by atoms with Crippen molar-refractivity contribution in [2.75, 3.05) is 39.5 Å². The molecule has 4 aliphatic heterocycles. The number of aryl methyl sites for hydroxylation is 12. The molecule has 0 fully saturated rings. The summed E-state index contributed by atoms with van der Waals surface area (Å²) in [7, 11) is 1.42.